The molecule has 114 valence electrons. The van der Waals surface area contributed by atoms with Gasteiger partial charge in [-0.25, -0.2) is 0 Å². The number of halogens is 3. The average molecular weight is 294 g/mol. The van der Waals surface area contributed by atoms with E-state index in [-0.39, 0.29) is 12.4 Å². The number of rotatable bonds is 8. The highest BCUT2D eigenvalue weighted by molar-refractivity contribution is 5.27. The monoisotopic (exact) mass is 294 g/mol. The summed E-state index contributed by atoms with van der Waals surface area (Å²) in [6, 6.07) is 5.36. The van der Waals surface area contributed by atoms with E-state index in [0.717, 1.165) is 0 Å². The van der Waals surface area contributed by atoms with Crippen LogP contribution in [-0.2, 0) is 15.9 Å². The van der Waals surface area contributed by atoms with Crippen LogP contribution in [0.1, 0.15) is 5.56 Å². The molecule has 0 fully saturated rings. The number of aliphatic hydroxyl groups excluding tert-OH is 1. The van der Waals surface area contributed by atoms with E-state index in [1.54, 1.807) is 7.11 Å². The first-order chi connectivity index (χ1) is 9.40. The van der Waals surface area contributed by atoms with Crippen molar-refractivity contribution in [1.82, 2.24) is 0 Å². The smallest absolute Gasteiger partial charge is 0.406 e. The van der Waals surface area contributed by atoms with Gasteiger partial charge in [-0.15, -0.1) is 13.2 Å². The summed E-state index contributed by atoms with van der Waals surface area (Å²) in [4.78, 5) is 0. The molecular formula is C13H17F3O4. The van der Waals surface area contributed by atoms with Crippen molar-refractivity contribution < 1.29 is 32.5 Å². The third-order valence-corrected chi connectivity index (χ3v) is 2.37. The molecule has 7 heteroatoms. The van der Waals surface area contributed by atoms with Gasteiger partial charge in [-0.05, 0) is 17.7 Å². The van der Waals surface area contributed by atoms with Crippen LogP contribution < -0.4 is 4.74 Å². The average Bonchev–Trinajstić information content (AvgIpc) is 2.35. The fraction of sp³-hybridized carbons (Fsp3) is 0.538. The highest BCUT2D eigenvalue weighted by Crippen LogP contribution is 2.22. The van der Waals surface area contributed by atoms with Crippen LogP contribution in [0.5, 0.6) is 5.75 Å². The van der Waals surface area contributed by atoms with Crippen molar-refractivity contribution in [1.29, 1.82) is 0 Å². The summed E-state index contributed by atoms with van der Waals surface area (Å²) in [5.74, 6) is -0.285. The molecule has 20 heavy (non-hydrogen) atoms. The number of alkyl halides is 3. The van der Waals surface area contributed by atoms with Gasteiger partial charge in [0.1, 0.15) is 5.75 Å². The molecule has 0 aliphatic heterocycles. The van der Waals surface area contributed by atoms with Crippen LogP contribution in [0.2, 0.25) is 0 Å². The van der Waals surface area contributed by atoms with Crippen LogP contribution in [0, 0.1) is 0 Å². The highest BCUT2D eigenvalue weighted by Gasteiger charge is 2.30. The Morgan fingerprint density at radius 3 is 2.35 bits per heavy atom. The Labute approximate surface area is 115 Å². The fourth-order valence-electron chi connectivity index (χ4n) is 1.52. The molecule has 0 heterocycles. The van der Waals surface area contributed by atoms with E-state index in [0.29, 0.717) is 25.2 Å². The maximum atomic E-state index is 12.0. The Hall–Kier alpha value is -1.31. The number of aliphatic hydroxyl groups is 1. The fourth-order valence-corrected chi connectivity index (χ4v) is 1.52. The van der Waals surface area contributed by atoms with Gasteiger partial charge in [-0.2, -0.15) is 0 Å². The van der Waals surface area contributed by atoms with Crippen molar-refractivity contribution in [3.63, 3.8) is 0 Å². The predicted molar refractivity (Wildman–Crippen MR) is 65.5 cm³/mol. The van der Waals surface area contributed by atoms with Crippen molar-refractivity contribution in [2.45, 2.75) is 18.9 Å². The van der Waals surface area contributed by atoms with Crippen LogP contribution in [0.4, 0.5) is 13.2 Å². The van der Waals surface area contributed by atoms with E-state index in [2.05, 4.69) is 4.74 Å². The van der Waals surface area contributed by atoms with Crippen LogP contribution in [0.15, 0.2) is 24.3 Å². The maximum Gasteiger partial charge on any atom is 0.573 e. The third kappa shape index (κ3) is 7.32. The first-order valence-corrected chi connectivity index (χ1v) is 6.00. The van der Waals surface area contributed by atoms with Crippen molar-refractivity contribution in [2.24, 2.45) is 0 Å². The molecule has 0 radical (unpaired) electrons. The summed E-state index contributed by atoms with van der Waals surface area (Å²) in [6.07, 6.45) is -5.13. The quantitative estimate of drug-likeness (QED) is 0.746. The Bertz CT molecular complexity index is 378. The van der Waals surface area contributed by atoms with Crippen molar-refractivity contribution >= 4 is 0 Å². The van der Waals surface area contributed by atoms with Crippen molar-refractivity contribution in [2.75, 3.05) is 26.9 Å². The standard InChI is InChI=1S/C13H17F3O4/c1-18-6-7-19-9-11(17)8-10-2-4-12(5-3-10)20-13(14,15)16/h2-5,11,17H,6-9H2,1H3. The second kappa shape index (κ2) is 8.08. The molecule has 1 unspecified atom stereocenters. The number of methoxy groups -OCH3 is 1. The Balaban J connectivity index is 2.37. The second-order valence-electron chi connectivity index (χ2n) is 4.12. The summed E-state index contributed by atoms with van der Waals surface area (Å²) in [6.45, 7) is 0.965. The normalized spacial score (nSPS) is 13.2. The number of hydrogen-bond acceptors (Lipinski definition) is 4. The van der Waals surface area contributed by atoms with E-state index in [1.807, 2.05) is 0 Å². The molecule has 0 aromatic heterocycles. The van der Waals surface area contributed by atoms with E-state index in [1.165, 1.54) is 24.3 Å². The molecule has 1 atom stereocenters. The SMILES string of the molecule is COCCOCC(O)Cc1ccc(OC(F)(F)F)cc1. The predicted octanol–water partition coefficient (Wildman–Crippen LogP) is 2.15. The summed E-state index contributed by atoms with van der Waals surface area (Å²) in [5, 5.41) is 9.68. The summed E-state index contributed by atoms with van der Waals surface area (Å²) in [5.41, 5.74) is 0.697. The van der Waals surface area contributed by atoms with Gasteiger partial charge in [0.15, 0.2) is 0 Å². The van der Waals surface area contributed by atoms with Gasteiger partial charge in [0.25, 0.3) is 0 Å². The van der Waals surface area contributed by atoms with E-state index in [9.17, 15) is 18.3 Å². The van der Waals surface area contributed by atoms with Crippen LogP contribution in [0.25, 0.3) is 0 Å². The van der Waals surface area contributed by atoms with E-state index in [4.69, 9.17) is 9.47 Å². The van der Waals surface area contributed by atoms with Gasteiger partial charge in [0, 0.05) is 13.5 Å². The van der Waals surface area contributed by atoms with Gasteiger partial charge >= 0.3 is 6.36 Å². The summed E-state index contributed by atoms with van der Waals surface area (Å²) in [7, 11) is 1.55. The first kappa shape index (κ1) is 16.7. The second-order valence-corrected chi connectivity index (χ2v) is 4.12. The van der Waals surface area contributed by atoms with Gasteiger partial charge in [-0.1, -0.05) is 12.1 Å². The van der Waals surface area contributed by atoms with Gasteiger partial charge in [0.2, 0.25) is 0 Å². The topological polar surface area (TPSA) is 47.9 Å². The van der Waals surface area contributed by atoms with Crippen LogP contribution >= 0.6 is 0 Å². The van der Waals surface area contributed by atoms with Gasteiger partial charge < -0.3 is 19.3 Å². The minimum Gasteiger partial charge on any atom is -0.406 e. The Kier molecular flexibility index (Phi) is 6.77. The maximum absolute atomic E-state index is 12.0. The molecule has 0 spiro atoms. The molecule has 4 nitrogen and oxygen atoms in total. The minimum absolute atomic E-state index is 0.143. The lowest BCUT2D eigenvalue weighted by atomic mass is 10.1. The molecule has 0 aliphatic rings. The molecule has 1 rings (SSSR count). The zero-order chi connectivity index (χ0) is 15.0. The molecule has 0 saturated heterocycles. The lowest BCUT2D eigenvalue weighted by Crippen LogP contribution is -2.20. The molecule has 0 saturated carbocycles. The van der Waals surface area contributed by atoms with Crippen molar-refractivity contribution in [3.8, 4) is 5.75 Å². The van der Waals surface area contributed by atoms with Crippen LogP contribution in [0.3, 0.4) is 0 Å². The molecule has 0 bridgehead atoms. The molecular weight excluding hydrogens is 277 g/mol. The Morgan fingerprint density at radius 2 is 1.80 bits per heavy atom. The number of ether oxygens (including phenoxy) is 3. The highest BCUT2D eigenvalue weighted by atomic mass is 19.4. The molecule has 0 aliphatic carbocycles. The Morgan fingerprint density at radius 1 is 1.15 bits per heavy atom. The largest absolute Gasteiger partial charge is 0.573 e. The number of benzene rings is 1. The van der Waals surface area contributed by atoms with E-state index < -0.39 is 12.5 Å². The number of hydrogen-bond donors (Lipinski definition) is 1. The molecule has 1 N–H and O–H groups in total. The summed E-state index contributed by atoms with van der Waals surface area (Å²) >= 11 is 0. The third-order valence-electron chi connectivity index (χ3n) is 2.37. The first-order valence-electron chi connectivity index (χ1n) is 6.00. The van der Waals surface area contributed by atoms with Crippen LogP contribution in [-0.4, -0.2) is 44.5 Å². The zero-order valence-electron chi connectivity index (χ0n) is 11.0. The molecule has 0 amide bonds. The molecule has 1 aromatic carbocycles. The lowest BCUT2D eigenvalue weighted by Gasteiger charge is -2.12. The zero-order valence-corrected chi connectivity index (χ0v) is 11.0. The molecule has 1 aromatic rings. The van der Waals surface area contributed by atoms with Crippen molar-refractivity contribution in [3.05, 3.63) is 29.8 Å². The van der Waals surface area contributed by atoms with Gasteiger partial charge in [0.05, 0.1) is 25.9 Å². The minimum atomic E-state index is -4.70. The summed E-state index contributed by atoms with van der Waals surface area (Å²) < 4.78 is 49.6. The van der Waals surface area contributed by atoms with Gasteiger partial charge in [-0.3, -0.25) is 0 Å². The van der Waals surface area contributed by atoms with E-state index >= 15 is 0 Å². The lowest BCUT2D eigenvalue weighted by molar-refractivity contribution is -0.274.